The number of phenolic OH excluding ortho intramolecular Hbond substituents is 6. The third-order valence-corrected chi connectivity index (χ3v) is 7.25. The van der Waals surface area contributed by atoms with Gasteiger partial charge in [0.1, 0.15) is 13.2 Å². The van der Waals surface area contributed by atoms with E-state index in [1.165, 1.54) is 0 Å². The summed E-state index contributed by atoms with van der Waals surface area (Å²) in [7, 11) is 0. The molecule has 0 aromatic heterocycles. The van der Waals surface area contributed by atoms with Crippen LogP contribution < -0.4 is 0 Å². The third kappa shape index (κ3) is 25.1. The Hall–Kier alpha value is -4.26. The molecule has 0 radical (unpaired) electrons. The number of ether oxygens (including phenoxy) is 13. The summed E-state index contributed by atoms with van der Waals surface area (Å²) in [4.78, 5) is 23.8. The van der Waals surface area contributed by atoms with Gasteiger partial charge in [0.2, 0.25) is 0 Å². The predicted molar refractivity (Wildman–Crippen MR) is 202 cm³/mol. The van der Waals surface area contributed by atoms with E-state index in [9.17, 15) is 40.2 Å². The van der Waals surface area contributed by atoms with Crippen molar-refractivity contribution in [3.05, 3.63) is 35.4 Å². The summed E-state index contributed by atoms with van der Waals surface area (Å²) >= 11 is 0. The summed E-state index contributed by atoms with van der Waals surface area (Å²) in [6.07, 6.45) is 0. The summed E-state index contributed by atoms with van der Waals surface area (Å²) in [6, 6.07) is 3.96. The minimum atomic E-state index is -0.779. The molecule has 0 aliphatic rings. The number of aromatic hydroxyl groups is 6. The standard InChI is InChI=1S/C38H58O21/c39-31-25-29(26-32(40)35(31)43)37(45)58-23-21-56-19-17-54-15-13-52-11-9-50-7-5-48-3-1-47-2-4-49-6-8-51-10-12-53-14-16-55-18-20-57-22-24-59-38(46)30-27-33(41)36(44)34(42)28-30/h25-28,39-44H,1-24H2. The molecule has 0 heterocycles. The van der Waals surface area contributed by atoms with E-state index in [1.54, 1.807) is 0 Å². The van der Waals surface area contributed by atoms with Gasteiger partial charge < -0.3 is 92.2 Å². The van der Waals surface area contributed by atoms with Crippen molar-refractivity contribution in [3.63, 3.8) is 0 Å². The summed E-state index contributed by atoms with van der Waals surface area (Å²) < 4.78 is 69.5. The van der Waals surface area contributed by atoms with E-state index in [0.29, 0.717) is 119 Å². The third-order valence-electron chi connectivity index (χ3n) is 7.25. The first-order valence-corrected chi connectivity index (χ1v) is 18.9. The number of carbonyl (C=O) groups excluding carboxylic acids is 2. The second kappa shape index (κ2) is 33.6. The maximum absolute atomic E-state index is 11.9. The number of carbonyl (C=O) groups is 2. The van der Waals surface area contributed by atoms with Gasteiger partial charge in [-0.1, -0.05) is 0 Å². The summed E-state index contributed by atoms with van der Waals surface area (Å²) in [5, 5.41) is 56.4. The van der Waals surface area contributed by atoms with Crippen molar-refractivity contribution in [1.29, 1.82) is 0 Å². The van der Waals surface area contributed by atoms with Crippen molar-refractivity contribution in [2.24, 2.45) is 0 Å². The minimum Gasteiger partial charge on any atom is -0.504 e. The summed E-state index contributed by atoms with van der Waals surface area (Å²) in [5.74, 6) is -5.50. The van der Waals surface area contributed by atoms with Crippen LogP contribution in [-0.4, -0.2) is 201 Å². The Morgan fingerprint density at radius 1 is 0.288 bits per heavy atom. The van der Waals surface area contributed by atoms with Gasteiger partial charge in [-0.15, -0.1) is 0 Å². The van der Waals surface area contributed by atoms with Crippen molar-refractivity contribution in [3.8, 4) is 34.5 Å². The Bertz CT molecular complexity index is 1260. The fourth-order valence-electron chi connectivity index (χ4n) is 4.30. The second-order valence-electron chi connectivity index (χ2n) is 11.7. The van der Waals surface area contributed by atoms with Crippen molar-refractivity contribution >= 4 is 11.9 Å². The quantitative estimate of drug-likeness (QED) is 0.0314. The van der Waals surface area contributed by atoms with Crippen molar-refractivity contribution in [1.82, 2.24) is 0 Å². The van der Waals surface area contributed by atoms with Crippen molar-refractivity contribution < 1.29 is 102 Å². The molecule has 0 atom stereocenters. The van der Waals surface area contributed by atoms with E-state index in [2.05, 4.69) is 0 Å². The van der Waals surface area contributed by atoms with Crippen LogP contribution in [0.2, 0.25) is 0 Å². The van der Waals surface area contributed by atoms with E-state index in [0.717, 1.165) is 24.3 Å². The Morgan fingerprint density at radius 3 is 0.610 bits per heavy atom. The van der Waals surface area contributed by atoms with Crippen LogP contribution in [0.25, 0.3) is 0 Å². The van der Waals surface area contributed by atoms with Gasteiger partial charge >= 0.3 is 11.9 Å². The highest BCUT2D eigenvalue weighted by Crippen LogP contribution is 2.36. The molecule has 59 heavy (non-hydrogen) atoms. The van der Waals surface area contributed by atoms with Crippen LogP contribution in [0.1, 0.15) is 20.7 Å². The Kier molecular flexibility index (Phi) is 28.9. The van der Waals surface area contributed by atoms with Gasteiger partial charge in [0.05, 0.1) is 156 Å². The number of benzene rings is 2. The van der Waals surface area contributed by atoms with E-state index in [1.807, 2.05) is 0 Å². The highest BCUT2D eigenvalue weighted by molar-refractivity contribution is 5.91. The van der Waals surface area contributed by atoms with Gasteiger partial charge in [0, 0.05) is 0 Å². The largest absolute Gasteiger partial charge is 0.504 e. The molecule has 2 aromatic carbocycles. The predicted octanol–water partition coefficient (Wildman–Crippen LogP) is 1.12. The molecule has 0 amide bonds. The van der Waals surface area contributed by atoms with Crippen LogP contribution in [0.4, 0.5) is 0 Å². The molecular formula is C38H58O21. The summed E-state index contributed by atoms with van der Waals surface area (Å²) in [5.41, 5.74) is -0.210. The van der Waals surface area contributed by atoms with Gasteiger partial charge in [-0.25, -0.2) is 9.59 Å². The molecule has 2 aromatic rings. The number of hydrogen-bond donors (Lipinski definition) is 6. The first-order chi connectivity index (χ1) is 28.7. The SMILES string of the molecule is O=C(OCCOCCOCCOCCOCCOCCOCCOCCOCCOCCOCCOCCOC(=O)c1cc(O)c(O)c(O)c1)c1cc(O)c(O)c(O)c1. The molecule has 0 aliphatic heterocycles. The van der Waals surface area contributed by atoms with Crippen LogP contribution in [0.15, 0.2) is 24.3 Å². The number of rotatable bonds is 38. The lowest BCUT2D eigenvalue weighted by atomic mass is 10.2. The average Bonchev–Trinajstić information content (AvgIpc) is 3.22. The fourth-order valence-corrected chi connectivity index (χ4v) is 4.30. The smallest absolute Gasteiger partial charge is 0.338 e. The maximum Gasteiger partial charge on any atom is 0.338 e. The maximum atomic E-state index is 11.9. The molecule has 0 bridgehead atoms. The van der Waals surface area contributed by atoms with Crippen molar-refractivity contribution in [2.45, 2.75) is 0 Å². The van der Waals surface area contributed by atoms with E-state index in [-0.39, 0.29) is 50.8 Å². The van der Waals surface area contributed by atoms with Crippen LogP contribution in [-0.2, 0) is 61.6 Å². The molecule has 0 fully saturated rings. The van der Waals surface area contributed by atoms with Gasteiger partial charge in [-0.3, -0.25) is 0 Å². The highest BCUT2D eigenvalue weighted by atomic mass is 16.6. The van der Waals surface area contributed by atoms with Gasteiger partial charge in [0.15, 0.2) is 34.5 Å². The Labute approximate surface area is 342 Å². The molecule has 336 valence electrons. The van der Waals surface area contributed by atoms with Crippen LogP contribution >= 0.6 is 0 Å². The fraction of sp³-hybridized carbons (Fsp3) is 0.632. The lowest BCUT2D eigenvalue weighted by molar-refractivity contribution is -0.0285. The second-order valence-corrected chi connectivity index (χ2v) is 11.7. The topological polar surface area (TPSA) is 276 Å². The Morgan fingerprint density at radius 2 is 0.441 bits per heavy atom. The molecule has 0 spiro atoms. The summed E-state index contributed by atoms with van der Waals surface area (Å²) in [6.45, 7) is 8.14. The number of hydrogen-bond acceptors (Lipinski definition) is 21. The monoisotopic (exact) mass is 850 g/mol. The molecule has 2 rings (SSSR count). The first-order valence-electron chi connectivity index (χ1n) is 18.9. The van der Waals surface area contributed by atoms with E-state index >= 15 is 0 Å². The zero-order valence-electron chi connectivity index (χ0n) is 33.1. The molecular weight excluding hydrogens is 792 g/mol. The normalized spacial score (nSPS) is 11.3. The molecule has 6 N–H and O–H groups in total. The van der Waals surface area contributed by atoms with E-state index < -0.39 is 46.4 Å². The molecule has 0 unspecified atom stereocenters. The lowest BCUT2D eigenvalue weighted by Crippen LogP contribution is -2.16. The van der Waals surface area contributed by atoms with Crippen molar-refractivity contribution in [2.75, 3.05) is 159 Å². The highest BCUT2D eigenvalue weighted by Gasteiger charge is 2.16. The molecule has 0 saturated carbocycles. The van der Waals surface area contributed by atoms with Gasteiger partial charge in [-0.05, 0) is 24.3 Å². The van der Waals surface area contributed by atoms with Crippen LogP contribution in [0.5, 0.6) is 34.5 Å². The zero-order chi connectivity index (χ0) is 42.8. The number of esters is 2. The molecule has 0 saturated heterocycles. The molecule has 21 heteroatoms. The molecule has 0 aliphatic carbocycles. The van der Waals surface area contributed by atoms with Crippen LogP contribution in [0.3, 0.4) is 0 Å². The molecule has 21 nitrogen and oxygen atoms in total. The number of phenols is 6. The average molecular weight is 851 g/mol. The lowest BCUT2D eigenvalue weighted by Gasteiger charge is -2.09. The zero-order valence-corrected chi connectivity index (χ0v) is 33.1. The minimum absolute atomic E-state index is 0.0400. The first kappa shape index (κ1) is 50.9. The van der Waals surface area contributed by atoms with E-state index in [4.69, 9.17) is 61.6 Å². The Balaban J connectivity index is 1.18. The van der Waals surface area contributed by atoms with Gasteiger partial charge in [0.25, 0.3) is 0 Å². The van der Waals surface area contributed by atoms with Crippen LogP contribution in [0, 0.1) is 0 Å². The van der Waals surface area contributed by atoms with Gasteiger partial charge in [-0.2, -0.15) is 0 Å².